The Morgan fingerprint density at radius 1 is 0.688 bits per heavy atom. The summed E-state index contributed by atoms with van der Waals surface area (Å²) in [7, 11) is 0. The van der Waals surface area contributed by atoms with Crippen molar-refractivity contribution in [2.75, 3.05) is 0 Å². The van der Waals surface area contributed by atoms with E-state index in [-0.39, 0.29) is 0 Å². The first kappa shape index (κ1) is 17.6. The first-order valence-electron chi connectivity index (χ1n) is 11.1. The van der Waals surface area contributed by atoms with Crippen molar-refractivity contribution in [2.45, 2.75) is 11.8 Å². The van der Waals surface area contributed by atoms with Crippen molar-refractivity contribution < 1.29 is 0 Å². The molecule has 2 nitrogen and oxygen atoms in total. The van der Waals surface area contributed by atoms with Crippen LogP contribution >= 0.6 is 0 Å². The van der Waals surface area contributed by atoms with E-state index in [9.17, 15) is 0 Å². The highest BCUT2D eigenvalue weighted by Gasteiger charge is 2.45. The summed E-state index contributed by atoms with van der Waals surface area (Å²) in [5.41, 5.74) is 11.2. The molecule has 2 aliphatic heterocycles. The second-order valence-electron chi connectivity index (χ2n) is 8.57. The van der Waals surface area contributed by atoms with Crippen molar-refractivity contribution >= 4 is 22.7 Å². The molecule has 4 aliphatic rings. The minimum atomic E-state index is -0.421. The summed E-state index contributed by atoms with van der Waals surface area (Å²) >= 11 is 0. The number of aliphatic imine (C=N–C) groups is 2. The molecule has 0 saturated carbocycles. The maximum Gasteiger partial charge on any atom is 0.0972 e. The number of para-hydroxylation sites is 1. The average molecular weight is 409 g/mol. The largest absolute Gasteiger partial charge is 0.249 e. The molecular formula is C30H20N2. The fourth-order valence-electron chi connectivity index (χ4n) is 5.49. The number of benzene rings is 3. The van der Waals surface area contributed by atoms with Crippen LogP contribution in [0.1, 0.15) is 23.1 Å². The average Bonchev–Trinajstić information content (AvgIpc) is 3.44. The van der Waals surface area contributed by atoms with Gasteiger partial charge in [0.2, 0.25) is 0 Å². The van der Waals surface area contributed by atoms with Crippen LogP contribution in [0.15, 0.2) is 136 Å². The molecule has 3 aromatic rings. The molecule has 7 rings (SSSR count). The topological polar surface area (TPSA) is 24.7 Å². The molecule has 2 aliphatic carbocycles. The van der Waals surface area contributed by atoms with Gasteiger partial charge in [-0.1, -0.05) is 103 Å². The van der Waals surface area contributed by atoms with E-state index < -0.39 is 5.41 Å². The molecule has 0 unspecified atom stereocenters. The molecule has 0 N–H and O–H groups in total. The zero-order chi connectivity index (χ0) is 21.1. The first-order valence-corrected chi connectivity index (χ1v) is 11.1. The van der Waals surface area contributed by atoms with E-state index in [4.69, 9.17) is 9.98 Å². The van der Waals surface area contributed by atoms with Gasteiger partial charge in [-0.2, -0.15) is 0 Å². The lowest BCUT2D eigenvalue weighted by Crippen LogP contribution is -2.37. The van der Waals surface area contributed by atoms with Gasteiger partial charge in [0.1, 0.15) is 0 Å². The fraction of sp³-hybridized carbons (Fsp3) is 0.0667. The molecule has 0 amide bonds. The maximum atomic E-state index is 5.37. The van der Waals surface area contributed by atoms with Crippen molar-refractivity contribution in [2.24, 2.45) is 9.98 Å². The molecule has 150 valence electrons. The molecule has 0 aromatic heterocycles. The minimum absolute atomic E-state index is 0.421. The molecule has 0 spiro atoms. The SMILES string of the molecule is C1=CC(c2ccccc2)(c2ccccc2)C2=NC3=C(CC=C4C3=Nc3ccccc34)C2=C1. The highest BCUT2D eigenvalue weighted by molar-refractivity contribution is 6.39. The number of rotatable bonds is 2. The van der Waals surface area contributed by atoms with E-state index in [1.165, 1.54) is 33.4 Å². The Hall–Kier alpha value is -4.04. The zero-order valence-corrected chi connectivity index (χ0v) is 17.5. The van der Waals surface area contributed by atoms with Gasteiger partial charge >= 0.3 is 0 Å². The Labute approximate surface area is 187 Å². The van der Waals surface area contributed by atoms with E-state index in [1.54, 1.807) is 0 Å². The Morgan fingerprint density at radius 2 is 1.38 bits per heavy atom. The van der Waals surface area contributed by atoms with Gasteiger partial charge in [0.25, 0.3) is 0 Å². The van der Waals surface area contributed by atoms with Gasteiger partial charge in [0, 0.05) is 16.7 Å². The molecular weight excluding hydrogens is 388 g/mol. The molecule has 2 heteroatoms. The van der Waals surface area contributed by atoms with Gasteiger partial charge in [-0.25, -0.2) is 9.98 Å². The van der Waals surface area contributed by atoms with Crippen molar-refractivity contribution in [3.8, 4) is 0 Å². The van der Waals surface area contributed by atoms with Crippen LogP contribution in [0, 0.1) is 0 Å². The van der Waals surface area contributed by atoms with Gasteiger partial charge in [-0.15, -0.1) is 0 Å². The number of nitrogens with zero attached hydrogens (tertiary/aromatic N) is 2. The third kappa shape index (κ3) is 2.24. The number of fused-ring (bicyclic) bond motifs is 6. The number of allylic oxidation sites excluding steroid dienone is 7. The quantitative estimate of drug-likeness (QED) is 0.448. The standard InChI is InChI=1S/C30H20N2/c1-3-10-20(11-4-1)30(21-12-5-2-6-13-21)19-9-15-25-24-18-17-23-22-14-7-8-16-26(22)31-27(23)28(24)32-29(25)30/h1-17,19H,18H2. The van der Waals surface area contributed by atoms with Crippen molar-refractivity contribution in [3.05, 3.63) is 143 Å². The van der Waals surface area contributed by atoms with Crippen LogP contribution in [-0.2, 0) is 5.41 Å². The molecule has 3 aromatic carbocycles. The molecule has 0 atom stereocenters. The van der Waals surface area contributed by atoms with Crippen LogP contribution in [0.3, 0.4) is 0 Å². The third-order valence-electron chi connectivity index (χ3n) is 6.95. The van der Waals surface area contributed by atoms with E-state index >= 15 is 0 Å². The maximum absolute atomic E-state index is 5.37. The summed E-state index contributed by atoms with van der Waals surface area (Å²) in [5.74, 6) is 0. The molecule has 2 heterocycles. The lowest BCUT2D eigenvalue weighted by molar-refractivity contribution is 0.862. The van der Waals surface area contributed by atoms with Crippen LogP contribution in [0.5, 0.6) is 0 Å². The van der Waals surface area contributed by atoms with E-state index in [2.05, 4.69) is 109 Å². The van der Waals surface area contributed by atoms with Crippen LogP contribution in [0.4, 0.5) is 5.69 Å². The molecule has 0 bridgehead atoms. The minimum Gasteiger partial charge on any atom is -0.249 e. The van der Waals surface area contributed by atoms with Gasteiger partial charge < -0.3 is 0 Å². The van der Waals surface area contributed by atoms with Crippen LogP contribution < -0.4 is 0 Å². The van der Waals surface area contributed by atoms with Crippen LogP contribution in [0.2, 0.25) is 0 Å². The number of hydrogen-bond donors (Lipinski definition) is 0. The number of hydrogen-bond acceptors (Lipinski definition) is 2. The monoisotopic (exact) mass is 408 g/mol. The molecule has 0 radical (unpaired) electrons. The summed E-state index contributed by atoms with van der Waals surface area (Å²) in [6, 6.07) is 29.9. The Morgan fingerprint density at radius 3 is 2.12 bits per heavy atom. The fourth-order valence-corrected chi connectivity index (χ4v) is 5.49. The lowest BCUT2D eigenvalue weighted by Gasteiger charge is -2.35. The summed E-state index contributed by atoms with van der Waals surface area (Å²) in [6.07, 6.45) is 9.94. The summed E-state index contributed by atoms with van der Waals surface area (Å²) in [4.78, 5) is 10.4. The van der Waals surface area contributed by atoms with Crippen molar-refractivity contribution in [1.82, 2.24) is 0 Å². The zero-order valence-electron chi connectivity index (χ0n) is 17.5. The van der Waals surface area contributed by atoms with E-state index in [1.807, 2.05) is 0 Å². The Kier molecular flexibility index (Phi) is 3.57. The highest BCUT2D eigenvalue weighted by atomic mass is 14.9. The lowest BCUT2D eigenvalue weighted by atomic mass is 9.66. The van der Waals surface area contributed by atoms with E-state index in [0.29, 0.717) is 0 Å². The summed E-state index contributed by atoms with van der Waals surface area (Å²) in [5, 5.41) is 0. The highest BCUT2D eigenvalue weighted by Crippen LogP contribution is 2.50. The predicted molar refractivity (Wildman–Crippen MR) is 131 cm³/mol. The summed E-state index contributed by atoms with van der Waals surface area (Å²) < 4.78 is 0. The van der Waals surface area contributed by atoms with E-state index in [0.717, 1.165) is 29.2 Å². The predicted octanol–water partition coefficient (Wildman–Crippen LogP) is 6.75. The van der Waals surface area contributed by atoms with Crippen LogP contribution in [-0.4, -0.2) is 11.4 Å². The van der Waals surface area contributed by atoms with Gasteiger partial charge in [0.05, 0.1) is 28.2 Å². The van der Waals surface area contributed by atoms with Crippen molar-refractivity contribution in [1.29, 1.82) is 0 Å². The normalized spacial score (nSPS) is 19.2. The van der Waals surface area contributed by atoms with Gasteiger partial charge in [0.15, 0.2) is 0 Å². The Bertz CT molecular complexity index is 1420. The van der Waals surface area contributed by atoms with Gasteiger partial charge in [-0.3, -0.25) is 0 Å². The second-order valence-corrected chi connectivity index (χ2v) is 8.57. The smallest absolute Gasteiger partial charge is 0.0972 e. The third-order valence-corrected chi connectivity index (χ3v) is 6.95. The van der Waals surface area contributed by atoms with Crippen molar-refractivity contribution in [3.63, 3.8) is 0 Å². The Balaban J connectivity index is 1.45. The molecule has 0 saturated heterocycles. The molecule has 32 heavy (non-hydrogen) atoms. The second kappa shape index (κ2) is 6.48. The van der Waals surface area contributed by atoms with Gasteiger partial charge in [-0.05, 0) is 29.2 Å². The van der Waals surface area contributed by atoms with Crippen LogP contribution in [0.25, 0.3) is 5.57 Å². The first-order chi connectivity index (χ1) is 15.9. The summed E-state index contributed by atoms with van der Waals surface area (Å²) in [6.45, 7) is 0. The molecule has 0 fully saturated rings.